The van der Waals surface area contributed by atoms with Gasteiger partial charge in [-0.1, -0.05) is 12.1 Å². The molecule has 4 aromatic rings. The Morgan fingerprint density at radius 3 is 2.76 bits per heavy atom. The molecule has 7 nitrogen and oxygen atoms in total. The van der Waals surface area contributed by atoms with Crippen LogP contribution in [0.3, 0.4) is 0 Å². The molecule has 0 unspecified atom stereocenters. The van der Waals surface area contributed by atoms with Crippen LogP contribution in [0.25, 0.3) is 11.5 Å². The van der Waals surface area contributed by atoms with Crippen molar-refractivity contribution in [3.8, 4) is 11.5 Å². The number of aromatic nitrogens is 5. The van der Waals surface area contributed by atoms with Crippen molar-refractivity contribution in [2.45, 2.75) is 25.2 Å². The Labute approximate surface area is 197 Å². The van der Waals surface area contributed by atoms with Gasteiger partial charge in [0.05, 0.1) is 5.69 Å². The molecule has 0 bridgehead atoms. The number of carbonyl (C=O) groups is 1. The Morgan fingerprint density at radius 1 is 1.06 bits per heavy atom. The van der Waals surface area contributed by atoms with Crippen LogP contribution in [0.5, 0.6) is 0 Å². The molecule has 1 aliphatic heterocycles. The van der Waals surface area contributed by atoms with Gasteiger partial charge in [0.2, 0.25) is 0 Å². The number of imidazole rings is 1. The Hall–Kier alpha value is -3.94. The van der Waals surface area contributed by atoms with Gasteiger partial charge in [-0.3, -0.25) is 14.8 Å². The first-order chi connectivity index (χ1) is 16.6. The number of aryl methyl sites for hydroxylation is 1. The molecule has 0 radical (unpaired) electrons. The maximum Gasteiger partial charge on any atom is 0.253 e. The lowest BCUT2D eigenvalue weighted by molar-refractivity contribution is 0.0705. The lowest BCUT2D eigenvalue weighted by atomic mass is 9.92. The molecule has 5 rings (SSSR count). The molecule has 1 saturated heterocycles. The first-order valence-corrected chi connectivity index (χ1v) is 11.4. The second kappa shape index (κ2) is 9.51. The summed E-state index contributed by atoms with van der Waals surface area (Å²) in [7, 11) is 1.93. The molecule has 1 fully saturated rings. The topological polar surface area (TPSA) is 76.8 Å². The van der Waals surface area contributed by atoms with Crippen LogP contribution >= 0.6 is 0 Å². The minimum Gasteiger partial charge on any atom is -0.338 e. The molecule has 0 aliphatic carbocycles. The molecule has 172 valence electrons. The predicted octanol–water partition coefficient (Wildman–Crippen LogP) is 4.02. The van der Waals surface area contributed by atoms with E-state index in [1.807, 2.05) is 28.8 Å². The maximum atomic E-state index is 13.5. The van der Waals surface area contributed by atoms with Crippen molar-refractivity contribution in [3.63, 3.8) is 0 Å². The van der Waals surface area contributed by atoms with Gasteiger partial charge in [-0.15, -0.1) is 0 Å². The van der Waals surface area contributed by atoms with Gasteiger partial charge in [0.15, 0.2) is 5.82 Å². The Morgan fingerprint density at radius 2 is 1.94 bits per heavy atom. The number of carbonyl (C=O) groups excluding carboxylic acids is 1. The van der Waals surface area contributed by atoms with Crippen molar-refractivity contribution >= 4 is 5.91 Å². The van der Waals surface area contributed by atoms with E-state index in [1.54, 1.807) is 43.0 Å². The molecule has 4 heterocycles. The van der Waals surface area contributed by atoms with Gasteiger partial charge in [-0.25, -0.2) is 14.4 Å². The van der Waals surface area contributed by atoms with Crippen LogP contribution in [0.1, 0.15) is 46.1 Å². The highest BCUT2D eigenvalue weighted by Crippen LogP contribution is 2.31. The Kier molecular flexibility index (Phi) is 6.12. The van der Waals surface area contributed by atoms with Gasteiger partial charge in [0, 0.05) is 74.7 Å². The van der Waals surface area contributed by atoms with Crippen molar-refractivity contribution in [2.24, 2.45) is 7.05 Å². The van der Waals surface area contributed by atoms with Crippen LogP contribution < -0.4 is 0 Å². The maximum absolute atomic E-state index is 13.5. The molecule has 0 N–H and O–H groups in total. The zero-order chi connectivity index (χ0) is 23.5. The number of likely N-dealkylation sites (tertiary alicyclic amines) is 1. The number of nitrogens with zero attached hydrogens (tertiary/aromatic N) is 6. The average Bonchev–Trinajstić information content (AvgIpc) is 3.29. The van der Waals surface area contributed by atoms with Crippen molar-refractivity contribution in [2.75, 3.05) is 13.1 Å². The number of amides is 1. The summed E-state index contributed by atoms with van der Waals surface area (Å²) in [6, 6.07) is 9.99. The minimum atomic E-state index is -0.280. The van der Waals surface area contributed by atoms with Crippen molar-refractivity contribution < 1.29 is 9.18 Å². The lowest BCUT2D eigenvalue weighted by Crippen LogP contribution is -2.39. The van der Waals surface area contributed by atoms with E-state index in [2.05, 4.69) is 19.9 Å². The number of halogens is 1. The minimum absolute atomic E-state index is 0.0324. The van der Waals surface area contributed by atoms with E-state index in [0.717, 1.165) is 41.3 Å². The first kappa shape index (κ1) is 21.9. The van der Waals surface area contributed by atoms with Gasteiger partial charge >= 0.3 is 0 Å². The number of pyridine rings is 1. The monoisotopic (exact) mass is 456 g/mol. The number of benzene rings is 1. The fraction of sp³-hybridized carbons (Fsp3) is 0.269. The number of hydrogen-bond donors (Lipinski definition) is 0. The second-order valence-electron chi connectivity index (χ2n) is 8.58. The van der Waals surface area contributed by atoms with Gasteiger partial charge in [0.25, 0.3) is 5.91 Å². The van der Waals surface area contributed by atoms with Gasteiger partial charge < -0.3 is 9.47 Å². The summed E-state index contributed by atoms with van der Waals surface area (Å²) in [6.07, 6.45) is 10.9. The van der Waals surface area contributed by atoms with Crippen LogP contribution in [-0.4, -0.2) is 48.4 Å². The molecule has 34 heavy (non-hydrogen) atoms. The van der Waals surface area contributed by atoms with E-state index in [4.69, 9.17) is 0 Å². The average molecular weight is 457 g/mol. The van der Waals surface area contributed by atoms with E-state index in [1.165, 1.54) is 12.1 Å². The smallest absolute Gasteiger partial charge is 0.253 e. The van der Waals surface area contributed by atoms with Gasteiger partial charge in [-0.05, 0) is 42.7 Å². The standard InChI is InChI=1S/C26H25FN6O/c1-32-13-11-31-25(32)24-23(29-9-10-30-24)20-5-3-12-33(17-20)26(34)19-7-8-28-22(16-19)15-18-4-2-6-21(27)14-18/h2,4,6-11,13-14,16,20H,3,5,12,15,17H2,1H3/t20-/m0/s1. The highest BCUT2D eigenvalue weighted by atomic mass is 19.1. The van der Waals surface area contributed by atoms with E-state index >= 15 is 0 Å². The summed E-state index contributed by atoms with van der Waals surface area (Å²) in [4.78, 5) is 33.3. The molecular formula is C26H25FN6O. The lowest BCUT2D eigenvalue weighted by Gasteiger charge is -2.33. The van der Waals surface area contributed by atoms with Gasteiger partial charge in [-0.2, -0.15) is 0 Å². The molecule has 8 heteroatoms. The molecule has 1 aromatic carbocycles. The first-order valence-electron chi connectivity index (χ1n) is 11.4. The summed E-state index contributed by atoms with van der Waals surface area (Å²) in [5.41, 5.74) is 3.77. The fourth-order valence-corrected chi connectivity index (χ4v) is 4.54. The van der Waals surface area contributed by atoms with E-state index in [0.29, 0.717) is 25.1 Å². The zero-order valence-corrected chi connectivity index (χ0v) is 18.9. The Balaban J connectivity index is 1.35. The SMILES string of the molecule is Cn1ccnc1-c1nccnc1[C@H]1CCCN(C(=O)c2ccnc(Cc3cccc(F)c3)c2)C1. The van der Waals surface area contributed by atoms with E-state index in [9.17, 15) is 9.18 Å². The van der Waals surface area contributed by atoms with Crippen LogP contribution in [0, 0.1) is 5.82 Å². The highest BCUT2D eigenvalue weighted by Gasteiger charge is 2.29. The fourth-order valence-electron chi connectivity index (χ4n) is 4.54. The molecule has 1 atom stereocenters. The summed E-state index contributed by atoms with van der Waals surface area (Å²) >= 11 is 0. The van der Waals surface area contributed by atoms with Crippen LogP contribution in [0.4, 0.5) is 4.39 Å². The largest absolute Gasteiger partial charge is 0.338 e. The summed E-state index contributed by atoms with van der Waals surface area (Å²) in [6.45, 7) is 1.26. The molecule has 0 saturated carbocycles. The van der Waals surface area contributed by atoms with Crippen LogP contribution in [0.15, 0.2) is 67.4 Å². The summed E-state index contributed by atoms with van der Waals surface area (Å²) in [5.74, 6) is 0.530. The number of rotatable bonds is 5. The molecule has 0 spiro atoms. The zero-order valence-electron chi connectivity index (χ0n) is 18.9. The normalized spacial score (nSPS) is 15.9. The van der Waals surface area contributed by atoms with Crippen LogP contribution in [0.2, 0.25) is 0 Å². The van der Waals surface area contributed by atoms with Crippen molar-refractivity contribution in [1.82, 2.24) is 29.4 Å². The number of hydrogen-bond acceptors (Lipinski definition) is 5. The predicted molar refractivity (Wildman–Crippen MR) is 126 cm³/mol. The van der Waals surface area contributed by atoms with Crippen LogP contribution in [-0.2, 0) is 13.5 Å². The number of piperidine rings is 1. The third-order valence-corrected chi connectivity index (χ3v) is 6.19. The third-order valence-electron chi connectivity index (χ3n) is 6.19. The van der Waals surface area contributed by atoms with E-state index in [-0.39, 0.29) is 17.6 Å². The molecular weight excluding hydrogens is 431 g/mol. The van der Waals surface area contributed by atoms with Crippen molar-refractivity contribution in [3.05, 3.63) is 95.7 Å². The van der Waals surface area contributed by atoms with Crippen molar-refractivity contribution in [1.29, 1.82) is 0 Å². The second-order valence-corrected chi connectivity index (χ2v) is 8.58. The summed E-state index contributed by atoms with van der Waals surface area (Å²) < 4.78 is 15.5. The molecule has 3 aromatic heterocycles. The van der Waals surface area contributed by atoms with Gasteiger partial charge in [0.1, 0.15) is 11.5 Å². The highest BCUT2D eigenvalue weighted by molar-refractivity contribution is 5.94. The summed E-state index contributed by atoms with van der Waals surface area (Å²) in [5, 5.41) is 0. The third kappa shape index (κ3) is 4.57. The molecule has 1 aliphatic rings. The van der Waals surface area contributed by atoms with E-state index < -0.39 is 0 Å². The molecule has 1 amide bonds. The quantitative estimate of drug-likeness (QED) is 0.453. The Bertz CT molecular complexity index is 1320.